The van der Waals surface area contributed by atoms with Crippen molar-refractivity contribution >= 4 is 17.7 Å². The fourth-order valence-electron chi connectivity index (χ4n) is 2.72. The monoisotopic (exact) mass is 320 g/mol. The molecule has 0 heterocycles. The molecule has 0 radical (unpaired) electrons. The number of aldehydes is 1. The van der Waals surface area contributed by atoms with Crippen LogP contribution in [0.2, 0.25) is 0 Å². The summed E-state index contributed by atoms with van der Waals surface area (Å²) in [5, 5.41) is 0. The molecule has 0 atom stereocenters. The first kappa shape index (κ1) is 19.3. The molecular formula is C19H32N2O2. The van der Waals surface area contributed by atoms with Crippen LogP contribution >= 0.6 is 0 Å². The van der Waals surface area contributed by atoms with Crippen molar-refractivity contribution in [1.82, 2.24) is 0 Å². The lowest BCUT2D eigenvalue weighted by atomic mass is 10.1. The van der Waals surface area contributed by atoms with Gasteiger partial charge in [0.2, 0.25) is 0 Å². The third kappa shape index (κ3) is 7.91. The highest BCUT2D eigenvalue weighted by Crippen LogP contribution is 2.28. The first-order valence-corrected chi connectivity index (χ1v) is 8.96. The Hall–Kier alpha value is -1.71. The summed E-state index contributed by atoms with van der Waals surface area (Å²) < 4.78 is 5.67. The SMILES string of the molecule is CCCCCCCCCCCCOc1c(N)cc(N)cc1C=O. The molecule has 0 aliphatic rings. The molecule has 4 N–H and O–H groups in total. The Labute approximate surface area is 140 Å². The highest BCUT2D eigenvalue weighted by molar-refractivity contribution is 5.85. The lowest BCUT2D eigenvalue weighted by Crippen LogP contribution is -2.04. The van der Waals surface area contributed by atoms with Crippen molar-refractivity contribution in [1.29, 1.82) is 0 Å². The van der Waals surface area contributed by atoms with Crippen molar-refractivity contribution < 1.29 is 9.53 Å². The van der Waals surface area contributed by atoms with Gasteiger partial charge in [-0.2, -0.15) is 0 Å². The number of nitrogens with two attached hydrogens (primary N) is 2. The summed E-state index contributed by atoms with van der Waals surface area (Å²) in [7, 11) is 0. The summed E-state index contributed by atoms with van der Waals surface area (Å²) in [5.74, 6) is 0.463. The summed E-state index contributed by atoms with van der Waals surface area (Å²) >= 11 is 0. The second-order valence-corrected chi connectivity index (χ2v) is 6.18. The van der Waals surface area contributed by atoms with Gasteiger partial charge in [0.25, 0.3) is 0 Å². The number of carbonyl (C=O) groups excluding carboxylic acids is 1. The van der Waals surface area contributed by atoms with Gasteiger partial charge in [0, 0.05) is 5.69 Å². The number of carbonyl (C=O) groups is 1. The van der Waals surface area contributed by atoms with Gasteiger partial charge in [0.05, 0.1) is 17.9 Å². The summed E-state index contributed by atoms with van der Waals surface area (Å²) in [6, 6.07) is 3.22. The maximum atomic E-state index is 11.0. The Morgan fingerprint density at radius 2 is 1.48 bits per heavy atom. The van der Waals surface area contributed by atoms with E-state index in [1.54, 1.807) is 12.1 Å². The van der Waals surface area contributed by atoms with Crippen molar-refractivity contribution in [2.45, 2.75) is 71.1 Å². The van der Waals surface area contributed by atoms with Crippen molar-refractivity contribution in [2.75, 3.05) is 18.1 Å². The number of hydrogen-bond acceptors (Lipinski definition) is 4. The van der Waals surface area contributed by atoms with Crippen molar-refractivity contribution in [3.8, 4) is 5.75 Å². The molecule has 0 spiro atoms. The topological polar surface area (TPSA) is 78.3 Å². The zero-order valence-electron chi connectivity index (χ0n) is 14.5. The van der Waals surface area contributed by atoms with Crippen LogP contribution in [0.4, 0.5) is 11.4 Å². The molecule has 0 saturated carbocycles. The number of rotatable bonds is 13. The molecule has 0 fully saturated rings. The van der Waals surface area contributed by atoms with Gasteiger partial charge in [-0.05, 0) is 18.6 Å². The van der Waals surface area contributed by atoms with Gasteiger partial charge < -0.3 is 16.2 Å². The van der Waals surface area contributed by atoms with E-state index >= 15 is 0 Å². The van der Waals surface area contributed by atoms with Crippen LogP contribution in [0, 0.1) is 0 Å². The van der Waals surface area contributed by atoms with E-state index in [2.05, 4.69) is 6.92 Å². The number of unbranched alkanes of at least 4 members (excludes halogenated alkanes) is 9. The normalized spacial score (nSPS) is 10.7. The van der Waals surface area contributed by atoms with Gasteiger partial charge in [-0.25, -0.2) is 0 Å². The highest BCUT2D eigenvalue weighted by Gasteiger charge is 2.08. The molecule has 1 aromatic carbocycles. The van der Waals surface area contributed by atoms with E-state index in [0.717, 1.165) is 19.1 Å². The molecule has 0 unspecified atom stereocenters. The molecular weight excluding hydrogens is 288 g/mol. The molecule has 0 bridgehead atoms. The molecule has 1 aromatic rings. The van der Waals surface area contributed by atoms with E-state index in [4.69, 9.17) is 16.2 Å². The van der Waals surface area contributed by atoms with Crippen molar-refractivity contribution in [3.05, 3.63) is 17.7 Å². The molecule has 4 heteroatoms. The minimum Gasteiger partial charge on any atom is -0.491 e. The van der Waals surface area contributed by atoms with Crippen LogP contribution in [0.25, 0.3) is 0 Å². The standard InChI is InChI=1S/C19H32N2O2/c1-2-3-4-5-6-7-8-9-10-11-12-23-19-16(15-22)13-17(20)14-18(19)21/h13-15H,2-12,20-21H2,1H3. The number of hydrogen-bond donors (Lipinski definition) is 2. The second-order valence-electron chi connectivity index (χ2n) is 6.18. The smallest absolute Gasteiger partial charge is 0.153 e. The second kappa shape index (κ2) is 11.8. The molecule has 0 aliphatic heterocycles. The van der Waals surface area contributed by atoms with Crippen LogP contribution in [0.15, 0.2) is 12.1 Å². The van der Waals surface area contributed by atoms with Crippen molar-refractivity contribution in [3.63, 3.8) is 0 Å². The Kier molecular flexibility index (Phi) is 9.92. The van der Waals surface area contributed by atoms with Crippen LogP contribution in [0.5, 0.6) is 5.75 Å². The van der Waals surface area contributed by atoms with Gasteiger partial charge in [-0.1, -0.05) is 64.7 Å². The summed E-state index contributed by atoms with van der Waals surface area (Å²) in [6.07, 6.45) is 13.6. The van der Waals surface area contributed by atoms with Gasteiger partial charge in [0.15, 0.2) is 12.0 Å². The Morgan fingerprint density at radius 3 is 2.04 bits per heavy atom. The molecule has 4 nitrogen and oxygen atoms in total. The molecule has 0 aliphatic carbocycles. The van der Waals surface area contributed by atoms with Crippen LogP contribution in [0.1, 0.15) is 81.5 Å². The fourth-order valence-corrected chi connectivity index (χ4v) is 2.72. The Morgan fingerprint density at radius 1 is 0.913 bits per heavy atom. The van der Waals surface area contributed by atoms with Gasteiger partial charge >= 0.3 is 0 Å². The zero-order chi connectivity index (χ0) is 16.9. The van der Waals surface area contributed by atoms with Crippen LogP contribution in [0.3, 0.4) is 0 Å². The quantitative estimate of drug-likeness (QED) is 0.306. The first-order valence-electron chi connectivity index (χ1n) is 8.96. The summed E-state index contributed by atoms with van der Waals surface area (Å²) in [6.45, 7) is 2.84. The highest BCUT2D eigenvalue weighted by atomic mass is 16.5. The molecule has 0 amide bonds. The molecule has 0 aromatic heterocycles. The molecule has 130 valence electrons. The third-order valence-corrected chi connectivity index (χ3v) is 4.04. The lowest BCUT2D eigenvalue weighted by molar-refractivity contribution is 0.111. The maximum absolute atomic E-state index is 11.0. The molecule has 23 heavy (non-hydrogen) atoms. The summed E-state index contributed by atoms with van der Waals surface area (Å²) in [4.78, 5) is 11.0. The number of anilines is 2. The minimum atomic E-state index is 0.426. The van der Waals surface area contributed by atoms with Crippen LogP contribution in [-0.2, 0) is 0 Å². The van der Waals surface area contributed by atoms with E-state index < -0.39 is 0 Å². The summed E-state index contributed by atoms with van der Waals surface area (Å²) in [5.41, 5.74) is 12.9. The zero-order valence-corrected chi connectivity index (χ0v) is 14.5. The predicted octanol–water partition coefficient (Wildman–Crippen LogP) is 4.96. The average molecular weight is 320 g/mol. The Balaban J connectivity index is 2.11. The number of nitrogen functional groups attached to an aromatic ring is 2. The lowest BCUT2D eigenvalue weighted by Gasteiger charge is -2.12. The van der Waals surface area contributed by atoms with E-state index in [-0.39, 0.29) is 0 Å². The van der Waals surface area contributed by atoms with Gasteiger partial charge in [-0.15, -0.1) is 0 Å². The maximum Gasteiger partial charge on any atom is 0.153 e. The molecule has 1 rings (SSSR count). The number of ether oxygens (including phenoxy) is 1. The van der Waals surface area contributed by atoms with E-state index in [1.807, 2.05) is 0 Å². The largest absolute Gasteiger partial charge is 0.491 e. The van der Waals surface area contributed by atoms with E-state index in [9.17, 15) is 4.79 Å². The van der Waals surface area contributed by atoms with E-state index in [0.29, 0.717) is 29.3 Å². The fraction of sp³-hybridized carbons (Fsp3) is 0.632. The van der Waals surface area contributed by atoms with Gasteiger partial charge in [0.1, 0.15) is 0 Å². The van der Waals surface area contributed by atoms with E-state index in [1.165, 1.54) is 51.4 Å². The predicted molar refractivity (Wildman–Crippen MR) is 98.0 cm³/mol. The number of benzene rings is 1. The Bertz CT molecular complexity index is 461. The molecule has 0 saturated heterocycles. The minimum absolute atomic E-state index is 0.426. The van der Waals surface area contributed by atoms with Crippen LogP contribution in [-0.4, -0.2) is 12.9 Å². The third-order valence-electron chi connectivity index (χ3n) is 4.04. The van der Waals surface area contributed by atoms with Crippen molar-refractivity contribution in [2.24, 2.45) is 0 Å². The van der Waals surface area contributed by atoms with Crippen LogP contribution < -0.4 is 16.2 Å². The average Bonchev–Trinajstić information content (AvgIpc) is 2.53. The first-order chi connectivity index (χ1) is 11.2. The van der Waals surface area contributed by atoms with Gasteiger partial charge in [-0.3, -0.25) is 4.79 Å².